The number of ketones is 1. The molecule has 0 aromatic heterocycles. The summed E-state index contributed by atoms with van der Waals surface area (Å²) in [7, 11) is 0. The summed E-state index contributed by atoms with van der Waals surface area (Å²) in [5, 5.41) is 8.95. The minimum Gasteiger partial charge on any atom is -0.478 e. The molecule has 3 saturated carbocycles. The van der Waals surface area contributed by atoms with Crippen LogP contribution in [-0.4, -0.2) is 28.9 Å². The second-order valence-electron chi connectivity index (χ2n) is 12.5. The van der Waals surface area contributed by atoms with Crippen LogP contribution in [0.1, 0.15) is 87.5 Å². The number of carbonyl (C=O) groups excluding carboxylic acids is 2. The van der Waals surface area contributed by atoms with Gasteiger partial charge in [0.15, 0.2) is 5.78 Å². The molecule has 3 fully saturated rings. The van der Waals surface area contributed by atoms with Crippen LogP contribution < -0.4 is 0 Å². The fourth-order valence-electron chi connectivity index (χ4n) is 7.87. The van der Waals surface area contributed by atoms with E-state index in [1.54, 1.807) is 19.1 Å². The number of ether oxygens (including phenoxy) is 1. The number of carboxylic acid groups (broad SMARTS) is 1. The third-order valence-corrected chi connectivity index (χ3v) is 9.68. The summed E-state index contributed by atoms with van der Waals surface area (Å²) < 4.78 is 5.76. The molecule has 0 amide bonds. The number of fused-ring (bicyclic) bond motifs is 3. The molecular weight excluding hydrogens is 464 g/mol. The number of rotatable bonds is 6. The molecule has 202 valence electrons. The van der Waals surface area contributed by atoms with E-state index in [2.05, 4.69) is 27.7 Å². The van der Waals surface area contributed by atoms with Gasteiger partial charge in [0.25, 0.3) is 0 Å². The molecule has 0 spiro atoms. The van der Waals surface area contributed by atoms with Crippen molar-refractivity contribution in [2.24, 2.45) is 28.1 Å². The van der Waals surface area contributed by atoms with Gasteiger partial charge in [0.1, 0.15) is 6.10 Å². The van der Waals surface area contributed by atoms with Gasteiger partial charge in [0.05, 0.1) is 0 Å². The van der Waals surface area contributed by atoms with Crippen molar-refractivity contribution in [1.29, 1.82) is 0 Å². The molecular formula is C32H44O5. The first-order chi connectivity index (χ1) is 17.1. The molecule has 0 saturated heterocycles. The van der Waals surface area contributed by atoms with E-state index in [-0.39, 0.29) is 45.6 Å². The third-order valence-electron chi connectivity index (χ3n) is 9.68. The van der Waals surface area contributed by atoms with Crippen molar-refractivity contribution in [3.63, 3.8) is 0 Å². The Balaban J connectivity index is 1.85. The highest BCUT2D eigenvalue weighted by Gasteiger charge is 2.65. The Hall–Kier alpha value is -2.69. The predicted octanol–water partition coefficient (Wildman–Crippen LogP) is 7.16. The summed E-state index contributed by atoms with van der Waals surface area (Å²) in [6, 6.07) is 0. The van der Waals surface area contributed by atoms with Crippen LogP contribution in [0, 0.1) is 28.1 Å². The van der Waals surface area contributed by atoms with Gasteiger partial charge in [-0.25, -0.2) is 4.79 Å². The normalized spacial score (nSPS) is 35.5. The van der Waals surface area contributed by atoms with Crippen LogP contribution in [-0.2, 0) is 19.1 Å². The lowest BCUT2D eigenvalue weighted by Crippen LogP contribution is -2.58. The van der Waals surface area contributed by atoms with E-state index < -0.39 is 5.97 Å². The highest BCUT2D eigenvalue weighted by molar-refractivity contribution is 6.00. The summed E-state index contributed by atoms with van der Waals surface area (Å²) in [5.41, 5.74) is 3.03. The summed E-state index contributed by atoms with van der Waals surface area (Å²) in [6.45, 7) is 16.2. The fraction of sp³-hybridized carbons (Fsp3) is 0.594. The second-order valence-corrected chi connectivity index (χ2v) is 12.5. The third kappa shape index (κ3) is 5.46. The van der Waals surface area contributed by atoms with Crippen LogP contribution in [0.3, 0.4) is 0 Å². The Kier molecular flexibility index (Phi) is 8.26. The van der Waals surface area contributed by atoms with Crippen molar-refractivity contribution in [1.82, 2.24) is 0 Å². The van der Waals surface area contributed by atoms with Gasteiger partial charge in [-0.15, -0.1) is 0 Å². The zero-order valence-corrected chi connectivity index (χ0v) is 23.8. The van der Waals surface area contributed by atoms with Gasteiger partial charge in [-0.05, 0) is 69.3 Å². The lowest BCUT2D eigenvalue weighted by Gasteiger charge is -2.62. The predicted molar refractivity (Wildman–Crippen MR) is 147 cm³/mol. The van der Waals surface area contributed by atoms with Crippen molar-refractivity contribution < 1.29 is 24.2 Å². The number of aliphatic carboxylic acids is 1. The average molecular weight is 509 g/mol. The first-order valence-electron chi connectivity index (χ1n) is 13.5. The highest BCUT2D eigenvalue weighted by Crippen LogP contribution is 2.69. The maximum atomic E-state index is 13.5. The second kappa shape index (κ2) is 10.6. The van der Waals surface area contributed by atoms with E-state index in [0.717, 1.165) is 42.4 Å². The van der Waals surface area contributed by atoms with E-state index in [1.165, 1.54) is 6.92 Å². The fourth-order valence-corrected chi connectivity index (χ4v) is 7.87. The number of carboxylic acids is 1. The molecule has 37 heavy (non-hydrogen) atoms. The highest BCUT2D eigenvalue weighted by atomic mass is 16.5. The first-order valence-corrected chi connectivity index (χ1v) is 13.5. The zero-order valence-electron chi connectivity index (χ0n) is 23.8. The van der Waals surface area contributed by atoms with E-state index in [1.807, 2.05) is 38.2 Å². The lowest BCUT2D eigenvalue weighted by molar-refractivity contribution is -0.185. The monoisotopic (exact) mass is 508 g/mol. The largest absolute Gasteiger partial charge is 0.478 e. The summed E-state index contributed by atoms with van der Waals surface area (Å²) >= 11 is 0. The maximum Gasteiger partial charge on any atom is 0.331 e. The van der Waals surface area contributed by atoms with Crippen LogP contribution >= 0.6 is 0 Å². The summed E-state index contributed by atoms with van der Waals surface area (Å²) in [5.74, 6) is -0.184. The maximum absolute atomic E-state index is 13.5. The Morgan fingerprint density at radius 2 is 1.57 bits per heavy atom. The lowest BCUT2D eigenvalue weighted by atomic mass is 9.43. The van der Waals surface area contributed by atoms with Crippen molar-refractivity contribution in [2.75, 3.05) is 0 Å². The van der Waals surface area contributed by atoms with Crippen LogP contribution in [0.15, 0.2) is 58.7 Å². The molecule has 0 aromatic rings. The SMILES string of the molecule is CC(=O)O[C@H]1CC[C@]2(C)C3CC(=O)\C(=C(C)/C=C/C=C(C)/C=C/C=C(/C)C(=O)O)C3(C)CC[C@H]2C1(C)C. The van der Waals surface area contributed by atoms with Crippen molar-refractivity contribution in [3.8, 4) is 0 Å². The minimum atomic E-state index is -0.926. The summed E-state index contributed by atoms with van der Waals surface area (Å²) in [6.07, 6.45) is 15.5. The molecule has 5 atom stereocenters. The van der Waals surface area contributed by atoms with Gasteiger partial charge in [0, 0.05) is 35.3 Å². The molecule has 3 rings (SSSR count). The Bertz CT molecular complexity index is 1110. The van der Waals surface area contributed by atoms with E-state index in [9.17, 15) is 14.4 Å². The molecule has 2 unspecified atom stereocenters. The summed E-state index contributed by atoms with van der Waals surface area (Å²) in [4.78, 5) is 36.1. The van der Waals surface area contributed by atoms with Gasteiger partial charge in [-0.1, -0.05) is 69.7 Å². The number of carbonyl (C=O) groups is 3. The average Bonchev–Trinajstić information content (AvgIpc) is 3.06. The van der Waals surface area contributed by atoms with Gasteiger partial charge in [-0.2, -0.15) is 0 Å². The molecule has 0 aromatic carbocycles. The van der Waals surface area contributed by atoms with E-state index in [0.29, 0.717) is 12.3 Å². The van der Waals surface area contributed by atoms with Crippen molar-refractivity contribution >= 4 is 17.7 Å². The van der Waals surface area contributed by atoms with Crippen LogP contribution in [0.25, 0.3) is 0 Å². The van der Waals surface area contributed by atoms with Gasteiger partial charge in [-0.3, -0.25) is 9.59 Å². The van der Waals surface area contributed by atoms with Crippen LogP contribution in [0.2, 0.25) is 0 Å². The smallest absolute Gasteiger partial charge is 0.331 e. The molecule has 0 radical (unpaired) electrons. The van der Waals surface area contributed by atoms with Gasteiger partial charge < -0.3 is 9.84 Å². The molecule has 3 aliphatic rings. The van der Waals surface area contributed by atoms with Crippen LogP contribution in [0.4, 0.5) is 0 Å². The quantitative estimate of drug-likeness (QED) is 0.234. The molecule has 0 heterocycles. The minimum absolute atomic E-state index is 0.0252. The van der Waals surface area contributed by atoms with Crippen molar-refractivity contribution in [3.05, 3.63) is 58.7 Å². The first kappa shape index (κ1) is 28.9. The van der Waals surface area contributed by atoms with E-state index in [4.69, 9.17) is 9.84 Å². The number of esters is 1. The van der Waals surface area contributed by atoms with Crippen molar-refractivity contribution in [2.45, 2.75) is 93.6 Å². The number of allylic oxidation sites excluding steroid dienone is 9. The standard InChI is InChI=1S/C32H44O5/c1-20(12-10-14-22(3)29(35)36)11-9-13-21(2)28-24(34)19-26-31(7)18-16-27(37-23(4)33)30(5,6)25(31)15-17-32(26,28)8/h9-14,25-27H,15-19H2,1-8H3,(H,35,36)/b12-10+,13-9+,20-11+,22-14-,28-21+/t25-,26?,27-,31-,32?/m0/s1. The topological polar surface area (TPSA) is 80.7 Å². The molecule has 0 bridgehead atoms. The Morgan fingerprint density at radius 3 is 2.19 bits per heavy atom. The number of hydrogen-bond acceptors (Lipinski definition) is 4. The molecule has 5 nitrogen and oxygen atoms in total. The zero-order chi connectivity index (χ0) is 27.8. The molecule has 0 aliphatic heterocycles. The Morgan fingerprint density at radius 1 is 0.919 bits per heavy atom. The molecule has 3 aliphatic carbocycles. The van der Waals surface area contributed by atoms with Crippen LogP contribution in [0.5, 0.6) is 0 Å². The number of hydrogen-bond donors (Lipinski definition) is 1. The van der Waals surface area contributed by atoms with Gasteiger partial charge in [0.2, 0.25) is 0 Å². The van der Waals surface area contributed by atoms with E-state index >= 15 is 0 Å². The number of Topliss-reactive ketones (excluding diaryl/α,β-unsaturated/α-hetero) is 1. The molecule has 5 heteroatoms. The molecule has 1 N–H and O–H groups in total. The van der Waals surface area contributed by atoms with Gasteiger partial charge >= 0.3 is 11.9 Å². The Labute approximate surface area is 222 Å².